The van der Waals surface area contributed by atoms with E-state index in [0.29, 0.717) is 0 Å². The highest BCUT2D eigenvalue weighted by molar-refractivity contribution is 5.74. The number of rotatable bonds is 3. The van der Waals surface area contributed by atoms with Gasteiger partial charge in [-0.1, -0.05) is 0 Å². The van der Waals surface area contributed by atoms with Crippen molar-refractivity contribution < 1.29 is 89.9 Å². The van der Waals surface area contributed by atoms with Gasteiger partial charge in [-0.25, -0.2) is 14.4 Å². The van der Waals surface area contributed by atoms with Crippen LogP contribution >= 0.6 is 0 Å². The van der Waals surface area contributed by atoms with Gasteiger partial charge in [0.1, 0.15) is 54.9 Å². The van der Waals surface area contributed by atoms with Gasteiger partial charge in [-0.05, 0) is 0 Å². The number of carbonyl (C=O) groups is 3. The van der Waals surface area contributed by atoms with Crippen LogP contribution in [0.15, 0.2) is 0 Å². The maximum absolute atomic E-state index is 10.3. The fraction of sp³-hybridized carbons (Fsp3) is 0.833. The lowest BCUT2D eigenvalue weighted by Crippen LogP contribution is -2.55. The van der Waals surface area contributed by atoms with E-state index in [-0.39, 0.29) is 38.3 Å². The Balaban J connectivity index is -0.000000480. The Kier molecular flexibility index (Phi) is 19.3. The first kappa shape index (κ1) is 41.3. The first-order chi connectivity index (χ1) is 16.6. The zero-order valence-electron chi connectivity index (χ0n) is 20.5. The maximum atomic E-state index is 10.3. The van der Waals surface area contributed by atoms with Crippen molar-refractivity contribution in [2.75, 3.05) is 19.8 Å². The SMILES string of the molecule is N.N.N.O=C(O)C1OCC(O)C(O)C1O.O=C(O)C1OCC(O)C(O)C1O.O=C(O)C1OCC(O)C(O)C1O. The number of carboxylic acid groups (broad SMARTS) is 3. The van der Waals surface area contributed by atoms with E-state index in [4.69, 9.17) is 61.3 Å². The Hall–Kier alpha value is -2.19. The Labute approximate surface area is 220 Å². The van der Waals surface area contributed by atoms with Crippen LogP contribution in [0.4, 0.5) is 0 Å². The number of aliphatic hydroxyl groups is 9. The quantitative estimate of drug-likeness (QED) is 0.146. The molecular formula is C18H39N3O18. The molecule has 3 saturated heterocycles. The average molecular weight is 586 g/mol. The van der Waals surface area contributed by atoms with Crippen LogP contribution < -0.4 is 18.5 Å². The molecule has 21 nitrogen and oxygen atoms in total. The van der Waals surface area contributed by atoms with E-state index in [1.165, 1.54) is 0 Å². The first-order valence-corrected chi connectivity index (χ1v) is 10.3. The number of aliphatic hydroxyl groups excluding tert-OH is 9. The molecule has 0 saturated carbocycles. The minimum atomic E-state index is -1.58. The van der Waals surface area contributed by atoms with Crippen molar-refractivity contribution in [2.45, 2.75) is 73.2 Å². The molecule has 39 heavy (non-hydrogen) atoms. The monoisotopic (exact) mass is 585 g/mol. The lowest BCUT2D eigenvalue weighted by Gasteiger charge is -2.32. The Morgan fingerprint density at radius 3 is 0.744 bits per heavy atom. The summed E-state index contributed by atoms with van der Waals surface area (Å²) in [6.45, 7) is -0.848. The van der Waals surface area contributed by atoms with Gasteiger partial charge >= 0.3 is 17.9 Å². The molecule has 3 heterocycles. The summed E-state index contributed by atoms with van der Waals surface area (Å²) in [5.74, 6) is -4.06. The van der Waals surface area contributed by atoms with E-state index in [1.54, 1.807) is 0 Å². The summed E-state index contributed by atoms with van der Waals surface area (Å²) in [5, 5.41) is 106. The van der Waals surface area contributed by atoms with E-state index in [9.17, 15) is 14.4 Å². The molecule has 0 aliphatic carbocycles. The lowest BCUT2D eigenvalue weighted by atomic mass is 10.0. The number of ether oxygens (including phenoxy) is 3. The molecule has 3 aliphatic heterocycles. The maximum Gasteiger partial charge on any atom is 0.335 e. The van der Waals surface area contributed by atoms with Gasteiger partial charge in [0.25, 0.3) is 0 Å². The van der Waals surface area contributed by atoms with Crippen molar-refractivity contribution in [3.05, 3.63) is 0 Å². The highest BCUT2D eigenvalue weighted by Crippen LogP contribution is 2.17. The van der Waals surface area contributed by atoms with E-state index in [2.05, 4.69) is 14.2 Å². The molecule has 0 radical (unpaired) electrons. The van der Waals surface area contributed by atoms with Gasteiger partial charge in [-0.15, -0.1) is 0 Å². The van der Waals surface area contributed by atoms with Crippen molar-refractivity contribution in [1.29, 1.82) is 0 Å². The van der Waals surface area contributed by atoms with E-state index in [1.807, 2.05) is 0 Å². The second kappa shape index (κ2) is 18.2. The molecule has 3 fully saturated rings. The van der Waals surface area contributed by atoms with Crippen LogP contribution in [0.25, 0.3) is 0 Å². The summed E-state index contributed by atoms with van der Waals surface area (Å²) in [6, 6.07) is 0. The third kappa shape index (κ3) is 11.1. The summed E-state index contributed by atoms with van der Waals surface area (Å²) < 4.78 is 13.7. The molecule has 234 valence electrons. The van der Waals surface area contributed by atoms with Crippen molar-refractivity contribution in [3.63, 3.8) is 0 Å². The van der Waals surface area contributed by atoms with Gasteiger partial charge in [0.15, 0.2) is 18.3 Å². The molecule has 0 aromatic carbocycles. The van der Waals surface area contributed by atoms with Crippen molar-refractivity contribution in [3.8, 4) is 0 Å². The van der Waals surface area contributed by atoms with Crippen LogP contribution in [0.5, 0.6) is 0 Å². The normalized spacial score (nSPS) is 39.3. The second-order valence-corrected chi connectivity index (χ2v) is 7.92. The van der Waals surface area contributed by atoms with Crippen LogP contribution in [0, 0.1) is 0 Å². The summed E-state index contributed by atoms with van der Waals surface area (Å²) in [6.07, 6.45) is -17.2. The smallest absolute Gasteiger partial charge is 0.335 e. The van der Waals surface area contributed by atoms with E-state index < -0.39 is 91.2 Å². The molecule has 0 spiro atoms. The van der Waals surface area contributed by atoms with Crippen LogP contribution in [0.3, 0.4) is 0 Å². The van der Waals surface area contributed by atoms with Gasteiger partial charge in [-0.3, -0.25) is 0 Å². The van der Waals surface area contributed by atoms with Crippen LogP contribution in [0.2, 0.25) is 0 Å². The van der Waals surface area contributed by atoms with Crippen molar-refractivity contribution in [1.82, 2.24) is 18.5 Å². The molecule has 12 unspecified atom stereocenters. The fourth-order valence-electron chi connectivity index (χ4n) is 3.07. The molecule has 0 aromatic rings. The van der Waals surface area contributed by atoms with Gasteiger partial charge in [0.05, 0.1) is 19.8 Å². The number of carboxylic acids is 3. The van der Waals surface area contributed by atoms with E-state index >= 15 is 0 Å². The van der Waals surface area contributed by atoms with Crippen molar-refractivity contribution in [2.24, 2.45) is 0 Å². The second-order valence-electron chi connectivity index (χ2n) is 7.92. The number of hydrogen-bond donors (Lipinski definition) is 15. The number of hydrogen-bond acceptors (Lipinski definition) is 18. The molecule has 0 aromatic heterocycles. The molecular weight excluding hydrogens is 546 g/mol. The molecule has 0 amide bonds. The Morgan fingerprint density at radius 2 is 0.590 bits per heavy atom. The van der Waals surface area contributed by atoms with Gasteiger partial charge in [0.2, 0.25) is 0 Å². The van der Waals surface area contributed by atoms with E-state index in [0.717, 1.165) is 0 Å². The van der Waals surface area contributed by atoms with Crippen LogP contribution in [0.1, 0.15) is 0 Å². The predicted molar refractivity (Wildman–Crippen MR) is 121 cm³/mol. The average Bonchev–Trinajstić information content (AvgIpc) is 2.79. The zero-order chi connectivity index (χ0) is 27.9. The minimum Gasteiger partial charge on any atom is -0.479 e. The predicted octanol–water partition coefficient (Wildman–Crippen LogP) is -6.86. The van der Waals surface area contributed by atoms with Crippen LogP contribution in [-0.4, -0.2) is 172 Å². The summed E-state index contributed by atoms with van der Waals surface area (Å²) in [5.41, 5.74) is 0. The van der Waals surface area contributed by atoms with Gasteiger partial charge in [-0.2, -0.15) is 0 Å². The molecule has 3 rings (SSSR count). The third-order valence-corrected chi connectivity index (χ3v) is 5.23. The largest absolute Gasteiger partial charge is 0.479 e. The third-order valence-electron chi connectivity index (χ3n) is 5.23. The van der Waals surface area contributed by atoms with Gasteiger partial charge in [0, 0.05) is 0 Å². The first-order valence-electron chi connectivity index (χ1n) is 10.3. The highest BCUT2D eigenvalue weighted by atomic mass is 16.6. The molecule has 21 N–H and O–H groups in total. The number of aliphatic carboxylic acids is 3. The lowest BCUT2D eigenvalue weighted by molar-refractivity contribution is -0.202. The Morgan fingerprint density at radius 1 is 0.410 bits per heavy atom. The summed E-state index contributed by atoms with van der Waals surface area (Å²) in [7, 11) is 0. The van der Waals surface area contributed by atoms with Gasteiger partial charge < -0.3 is 93.9 Å². The topological polar surface area (TPSA) is 427 Å². The zero-order valence-corrected chi connectivity index (χ0v) is 20.5. The molecule has 21 heteroatoms. The summed E-state index contributed by atoms with van der Waals surface area (Å²) in [4.78, 5) is 31.0. The standard InChI is InChI=1S/3C6H10O6.3H3N/c3*7-2-1-12-5(6(10)11)4(9)3(2)8;;;/h3*2-5,7-9H,1H2,(H,10,11);3*1H3. The minimum absolute atomic E-state index is 0. The van der Waals surface area contributed by atoms with Crippen LogP contribution in [-0.2, 0) is 28.6 Å². The Bertz CT molecular complexity index is 653. The fourth-order valence-corrected chi connectivity index (χ4v) is 3.07. The molecule has 3 aliphatic rings. The molecule has 0 bridgehead atoms. The summed E-state index contributed by atoms with van der Waals surface area (Å²) >= 11 is 0. The molecule has 12 atom stereocenters. The highest BCUT2D eigenvalue weighted by Gasteiger charge is 2.43. The van der Waals surface area contributed by atoms with Crippen molar-refractivity contribution >= 4 is 17.9 Å².